The van der Waals surface area contributed by atoms with E-state index in [0.717, 1.165) is 0 Å². The molecule has 4 amide bonds. The quantitative estimate of drug-likeness (QED) is 0.131. The van der Waals surface area contributed by atoms with Gasteiger partial charge >= 0.3 is 12.1 Å². The maximum absolute atomic E-state index is 14.0. The second-order valence-electron chi connectivity index (χ2n) is 13.9. The highest BCUT2D eigenvalue weighted by Crippen LogP contribution is 2.26. The SMILES string of the molecule is COc1ccc(C(NC(=O)C(Cc2cccc(Cl)c2)NC(=O)c2ccc(OCC(=O)NCC(=O)OC(C)(C)C)cc2)C(=O)N[C@H](CC(F)(F)F)C(C)C)cc1. The number of esters is 1. The van der Waals surface area contributed by atoms with Gasteiger partial charge in [-0.2, -0.15) is 13.2 Å². The summed E-state index contributed by atoms with van der Waals surface area (Å²) in [5.41, 5.74) is 0.226. The summed E-state index contributed by atoms with van der Waals surface area (Å²) in [6, 6.07) is 14.3. The van der Waals surface area contributed by atoms with Crippen LogP contribution in [0.2, 0.25) is 5.02 Å². The molecule has 0 heterocycles. The van der Waals surface area contributed by atoms with E-state index in [0.29, 0.717) is 16.3 Å². The molecule has 0 aromatic heterocycles. The van der Waals surface area contributed by atoms with Crippen molar-refractivity contribution < 1.29 is 51.4 Å². The van der Waals surface area contributed by atoms with Crippen LogP contribution in [-0.2, 0) is 30.3 Å². The molecule has 2 unspecified atom stereocenters. The zero-order valence-electron chi connectivity index (χ0n) is 31.3. The van der Waals surface area contributed by atoms with Crippen molar-refractivity contribution in [2.75, 3.05) is 20.3 Å². The van der Waals surface area contributed by atoms with Crippen LogP contribution in [0.1, 0.15) is 68.6 Å². The van der Waals surface area contributed by atoms with E-state index in [2.05, 4.69) is 21.3 Å². The molecule has 3 aromatic carbocycles. The van der Waals surface area contributed by atoms with Gasteiger partial charge in [0.1, 0.15) is 35.7 Å². The monoisotopic (exact) mass is 790 g/mol. The molecule has 3 aromatic rings. The molecular formula is C39H46ClF3N4O8. The summed E-state index contributed by atoms with van der Waals surface area (Å²) < 4.78 is 56.0. The van der Waals surface area contributed by atoms with Crippen molar-refractivity contribution in [3.05, 3.63) is 94.5 Å². The molecule has 0 saturated heterocycles. The molecule has 4 N–H and O–H groups in total. The van der Waals surface area contributed by atoms with Crippen molar-refractivity contribution in [2.24, 2.45) is 5.92 Å². The molecule has 3 atom stereocenters. The van der Waals surface area contributed by atoms with E-state index in [1.54, 1.807) is 58.9 Å². The predicted molar refractivity (Wildman–Crippen MR) is 199 cm³/mol. The molecule has 16 heteroatoms. The zero-order valence-corrected chi connectivity index (χ0v) is 32.1. The van der Waals surface area contributed by atoms with E-state index in [4.69, 9.17) is 25.8 Å². The third kappa shape index (κ3) is 15.5. The minimum Gasteiger partial charge on any atom is -0.497 e. The van der Waals surface area contributed by atoms with Crippen LogP contribution in [0.25, 0.3) is 0 Å². The fraction of sp³-hybridized carbons (Fsp3) is 0.410. The van der Waals surface area contributed by atoms with E-state index in [9.17, 15) is 37.1 Å². The third-order valence-electron chi connectivity index (χ3n) is 7.87. The molecule has 0 aliphatic rings. The number of hydrogen-bond donors (Lipinski definition) is 4. The Morgan fingerprint density at radius 3 is 2.02 bits per heavy atom. The number of methoxy groups -OCH3 is 1. The first-order valence-corrected chi connectivity index (χ1v) is 17.7. The number of hydrogen-bond acceptors (Lipinski definition) is 8. The van der Waals surface area contributed by atoms with Gasteiger partial charge in [-0.25, -0.2) is 0 Å². The Balaban J connectivity index is 1.80. The van der Waals surface area contributed by atoms with E-state index in [1.165, 1.54) is 55.6 Å². The molecule has 0 saturated carbocycles. The van der Waals surface area contributed by atoms with Gasteiger partial charge in [0.2, 0.25) is 11.8 Å². The lowest BCUT2D eigenvalue weighted by Gasteiger charge is -2.28. The summed E-state index contributed by atoms with van der Waals surface area (Å²) in [7, 11) is 1.44. The van der Waals surface area contributed by atoms with Crippen molar-refractivity contribution in [3.8, 4) is 11.5 Å². The number of rotatable bonds is 17. The molecular weight excluding hydrogens is 745 g/mol. The van der Waals surface area contributed by atoms with Gasteiger partial charge in [0.05, 0.1) is 13.5 Å². The van der Waals surface area contributed by atoms with E-state index in [1.807, 2.05) is 0 Å². The average molecular weight is 791 g/mol. The smallest absolute Gasteiger partial charge is 0.391 e. The lowest BCUT2D eigenvalue weighted by Crippen LogP contribution is -2.52. The Morgan fingerprint density at radius 1 is 0.818 bits per heavy atom. The third-order valence-corrected chi connectivity index (χ3v) is 8.10. The Labute approximate surface area is 322 Å². The highest BCUT2D eigenvalue weighted by Gasteiger charge is 2.36. The Hall–Kier alpha value is -5.31. The van der Waals surface area contributed by atoms with Crippen LogP contribution in [0.4, 0.5) is 13.2 Å². The van der Waals surface area contributed by atoms with Gasteiger partial charge in [-0.05, 0) is 86.3 Å². The first-order valence-electron chi connectivity index (χ1n) is 17.3. The van der Waals surface area contributed by atoms with Crippen LogP contribution >= 0.6 is 11.6 Å². The minimum atomic E-state index is -4.56. The molecule has 0 bridgehead atoms. The fourth-order valence-electron chi connectivity index (χ4n) is 5.11. The molecule has 0 fully saturated rings. The van der Waals surface area contributed by atoms with E-state index >= 15 is 0 Å². The van der Waals surface area contributed by atoms with Crippen LogP contribution in [0.5, 0.6) is 11.5 Å². The number of ether oxygens (including phenoxy) is 3. The summed E-state index contributed by atoms with van der Waals surface area (Å²) >= 11 is 6.19. The highest BCUT2D eigenvalue weighted by atomic mass is 35.5. The van der Waals surface area contributed by atoms with Gasteiger partial charge in [-0.3, -0.25) is 24.0 Å². The Kier molecular flexibility index (Phi) is 15.9. The molecule has 0 radical (unpaired) electrons. The second-order valence-corrected chi connectivity index (χ2v) is 14.4. The summed E-state index contributed by atoms with van der Waals surface area (Å²) in [5.74, 6) is -3.49. The molecule has 298 valence electrons. The van der Waals surface area contributed by atoms with Gasteiger partial charge < -0.3 is 35.5 Å². The zero-order chi connectivity index (χ0) is 40.9. The maximum atomic E-state index is 14.0. The van der Waals surface area contributed by atoms with Gasteiger partial charge in [0.25, 0.3) is 11.8 Å². The van der Waals surface area contributed by atoms with Crippen molar-refractivity contribution >= 4 is 41.2 Å². The first-order chi connectivity index (χ1) is 25.7. The van der Waals surface area contributed by atoms with E-state index in [-0.39, 0.29) is 29.8 Å². The molecule has 0 aliphatic carbocycles. The summed E-state index contributed by atoms with van der Waals surface area (Å²) in [6.45, 7) is 7.41. The van der Waals surface area contributed by atoms with Crippen molar-refractivity contribution in [3.63, 3.8) is 0 Å². The van der Waals surface area contributed by atoms with Crippen molar-refractivity contribution in [2.45, 2.75) is 77.4 Å². The van der Waals surface area contributed by atoms with Crippen LogP contribution in [0, 0.1) is 5.92 Å². The molecule has 55 heavy (non-hydrogen) atoms. The lowest BCUT2D eigenvalue weighted by molar-refractivity contribution is -0.154. The highest BCUT2D eigenvalue weighted by molar-refractivity contribution is 6.30. The summed E-state index contributed by atoms with van der Waals surface area (Å²) in [4.78, 5) is 65.2. The minimum absolute atomic E-state index is 0.0720. The fourth-order valence-corrected chi connectivity index (χ4v) is 5.32. The molecule has 3 rings (SSSR count). The van der Waals surface area contributed by atoms with Crippen LogP contribution in [0.15, 0.2) is 72.8 Å². The number of halogens is 4. The van der Waals surface area contributed by atoms with Crippen LogP contribution in [0.3, 0.4) is 0 Å². The van der Waals surface area contributed by atoms with Crippen molar-refractivity contribution in [1.29, 1.82) is 0 Å². The molecule has 12 nitrogen and oxygen atoms in total. The number of alkyl halides is 3. The van der Waals surface area contributed by atoms with Gasteiger partial charge in [0.15, 0.2) is 6.61 Å². The van der Waals surface area contributed by atoms with Crippen LogP contribution < -0.4 is 30.7 Å². The second kappa shape index (κ2) is 19.9. The van der Waals surface area contributed by atoms with Crippen LogP contribution in [-0.4, -0.2) is 73.7 Å². The molecule has 0 spiro atoms. The number of benzene rings is 3. The first kappa shape index (κ1) is 44.1. The van der Waals surface area contributed by atoms with Gasteiger partial charge in [0, 0.05) is 23.0 Å². The largest absolute Gasteiger partial charge is 0.497 e. The lowest BCUT2D eigenvalue weighted by atomic mass is 9.98. The molecule has 0 aliphatic heterocycles. The van der Waals surface area contributed by atoms with Gasteiger partial charge in [-0.1, -0.05) is 49.7 Å². The summed E-state index contributed by atoms with van der Waals surface area (Å²) in [6.07, 6.45) is -5.91. The van der Waals surface area contributed by atoms with Gasteiger partial charge in [-0.15, -0.1) is 0 Å². The number of amides is 4. The number of carbonyl (C=O) groups is 5. The Bertz CT molecular complexity index is 1780. The topological polar surface area (TPSA) is 161 Å². The predicted octanol–water partition coefficient (Wildman–Crippen LogP) is 5.48. The number of carbonyl (C=O) groups excluding carboxylic acids is 5. The maximum Gasteiger partial charge on any atom is 0.391 e. The standard InChI is InChI=1S/C39H46ClF3N4O8/c1-23(2)31(20-39(41,42)43)46-37(52)34(25-10-14-28(53-6)15-11-25)47-36(51)30(19-24-8-7-9-27(40)18-24)45-35(50)26-12-16-29(17-13-26)54-22-32(48)44-21-33(49)55-38(3,4)5/h7-18,23,30-31,34H,19-22H2,1-6H3,(H,44,48)(H,45,50)(H,46,52)(H,47,51)/t30?,31-,34?/m1/s1. The van der Waals surface area contributed by atoms with Crippen molar-refractivity contribution in [1.82, 2.24) is 21.3 Å². The normalized spacial score (nSPS) is 13.1. The average Bonchev–Trinajstić information content (AvgIpc) is 3.10. The van der Waals surface area contributed by atoms with E-state index < -0.39 is 78.4 Å². The number of nitrogens with one attached hydrogen (secondary N) is 4. The summed E-state index contributed by atoms with van der Waals surface area (Å²) in [5, 5.41) is 10.5. The Morgan fingerprint density at radius 2 is 1.45 bits per heavy atom.